The number of aromatic nitrogens is 2. The van der Waals surface area contributed by atoms with E-state index in [0.717, 1.165) is 22.4 Å². The molecule has 138 valence electrons. The maximum Gasteiger partial charge on any atom is 0.226 e. The second-order valence-corrected chi connectivity index (χ2v) is 6.89. The van der Waals surface area contributed by atoms with Crippen molar-refractivity contribution in [1.29, 1.82) is 0 Å². The number of nitrogens with zero attached hydrogens (tertiary/aromatic N) is 2. The minimum Gasteiger partial charge on any atom is -0.504 e. The highest BCUT2D eigenvalue weighted by molar-refractivity contribution is 6.31. The monoisotopic (exact) mass is 383 g/mol. The molecule has 1 aromatic heterocycles. The van der Waals surface area contributed by atoms with Crippen molar-refractivity contribution >= 4 is 23.3 Å². The summed E-state index contributed by atoms with van der Waals surface area (Å²) >= 11 is 6.25. The fraction of sp³-hybridized carbons (Fsp3) is 0.200. The highest BCUT2D eigenvalue weighted by atomic mass is 35.5. The van der Waals surface area contributed by atoms with E-state index in [1.807, 2.05) is 31.2 Å². The van der Waals surface area contributed by atoms with Crippen LogP contribution in [0.2, 0.25) is 5.02 Å². The first-order valence-electron chi connectivity index (χ1n) is 8.49. The van der Waals surface area contributed by atoms with Gasteiger partial charge in [0.2, 0.25) is 5.91 Å². The summed E-state index contributed by atoms with van der Waals surface area (Å²) in [4.78, 5) is 12.4. The molecular weight excluding hydrogens is 366 g/mol. The Balaban J connectivity index is 1.82. The van der Waals surface area contributed by atoms with Gasteiger partial charge in [-0.15, -0.1) is 0 Å². The summed E-state index contributed by atoms with van der Waals surface area (Å²) in [6.07, 6.45) is 2.03. The normalized spacial score (nSPS) is 16.0. The topological polar surface area (TPSA) is 76.4 Å². The number of ether oxygens (including phenoxy) is 1. The Bertz CT molecular complexity index is 1040. The Morgan fingerprint density at radius 3 is 2.89 bits per heavy atom. The molecule has 4 rings (SSSR count). The van der Waals surface area contributed by atoms with Gasteiger partial charge in [0.05, 0.1) is 19.0 Å². The number of fused-ring (bicyclic) bond motifs is 1. The Morgan fingerprint density at radius 1 is 1.33 bits per heavy atom. The minimum atomic E-state index is -0.209. The molecular formula is C20H18ClN3O3. The van der Waals surface area contributed by atoms with E-state index in [4.69, 9.17) is 16.3 Å². The number of anilines is 1. The molecule has 0 radical (unpaired) electrons. The van der Waals surface area contributed by atoms with Gasteiger partial charge in [0, 0.05) is 22.9 Å². The van der Waals surface area contributed by atoms with Crippen molar-refractivity contribution in [3.63, 3.8) is 0 Å². The van der Waals surface area contributed by atoms with Crippen LogP contribution in [-0.4, -0.2) is 27.9 Å². The van der Waals surface area contributed by atoms with Gasteiger partial charge in [0.1, 0.15) is 5.82 Å². The van der Waals surface area contributed by atoms with Gasteiger partial charge in [-0.05, 0) is 42.3 Å². The van der Waals surface area contributed by atoms with E-state index >= 15 is 0 Å². The summed E-state index contributed by atoms with van der Waals surface area (Å²) in [6.45, 7) is 1.91. The third-order valence-electron chi connectivity index (χ3n) is 4.89. The van der Waals surface area contributed by atoms with Crippen LogP contribution in [0.5, 0.6) is 11.5 Å². The summed E-state index contributed by atoms with van der Waals surface area (Å²) in [5.41, 5.74) is 3.40. The second kappa shape index (κ2) is 6.63. The predicted molar refractivity (Wildman–Crippen MR) is 103 cm³/mol. The van der Waals surface area contributed by atoms with Gasteiger partial charge in [0.15, 0.2) is 11.5 Å². The molecule has 27 heavy (non-hydrogen) atoms. The van der Waals surface area contributed by atoms with Crippen LogP contribution in [0.25, 0.3) is 5.69 Å². The van der Waals surface area contributed by atoms with Gasteiger partial charge in [-0.2, -0.15) is 5.10 Å². The fourth-order valence-electron chi connectivity index (χ4n) is 3.45. The molecule has 2 aromatic carbocycles. The lowest BCUT2D eigenvalue weighted by molar-refractivity contribution is -0.116. The number of phenolic OH excluding ortho intramolecular Hbond substituents is 1. The van der Waals surface area contributed by atoms with Gasteiger partial charge >= 0.3 is 0 Å². The Morgan fingerprint density at radius 2 is 2.15 bits per heavy atom. The van der Waals surface area contributed by atoms with Crippen LogP contribution in [0.4, 0.5) is 5.82 Å². The zero-order valence-electron chi connectivity index (χ0n) is 14.9. The van der Waals surface area contributed by atoms with Crippen molar-refractivity contribution in [1.82, 2.24) is 9.78 Å². The molecule has 0 saturated carbocycles. The molecule has 0 fully saturated rings. The van der Waals surface area contributed by atoms with Gasteiger partial charge in [-0.3, -0.25) is 4.79 Å². The quantitative estimate of drug-likeness (QED) is 0.716. The Kier molecular flexibility index (Phi) is 4.28. The molecule has 1 aliphatic heterocycles. The molecule has 0 aliphatic carbocycles. The molecule has 1 aliphatic rings. The number of carbonyl (C=O) groups is 1. The van der Waals surface area contributed by atoms with Crippen molar-refractivity contribution in [2.24, 2.45) is 0 Å². The number of phenols is 1. The van der Waals surface area contributed by atoms with Crippen LogP contribution in [0.15, 0.2) is 42.6 Å². The Hall–Kier alpha value is -2.99. The molecule has 1 amide bonds. The van der Waals surface area contributed by atoms with E-state index in [1.165, 1.54) is 7.11 Å². The van der Waals surface area contributed by atoms with E-state index in [-0.39, 0.29) is 24.0 Å². The van der Waals surface area contributed by atoms with E-state index < -0.39 is 0 Å². The van der Waals surface area contributed by atoms with Crippen molar-refractivity contribution in [3.05, 3.63) is 64.3 Å². The standard InChI is InChI=1S/C20H18ClN3O3/c1-11-15(21)4-3-5-16(11)24-20-14(10-22-24)13(9-19(26)23-20)12-6-7-18(27-2)17(25)8-12/h3-8,10,13,25H,9H2,1-2H3,(H,23,26). The summed E-state index contributed by atoms with van der Waals surface area (Å²) in [5.74, 6) is 0.741. The fourth-order valence-corrected chi connectivity index (χ4v) is 3.62. The molecule has 0 bridgehead atoms. The summed E-state index contributed by atoms with van der Waals surface area (Å²) < 4.78 is 6.80. The second-order valence-electron chi connectivity index (χ2n) is 6.48. The summed E-state index contributed by atoms with van der Waals surface area (Å²) in [6, 6.07) is 10.8. The predicted octanol–water partition coefficient (Wildman–Crippen LogP) is 4.02. The van der Waals surface area contributed by atoms with Crippen LogP contribution >= 0.6 is 11.6 Å². The van der Waals surface area contributed by atoms with Crippen molar-refractivity contribution in [2.75, 3.05) is 12.4 Å². The lowest BCUT2D eigenvalue weighted by Crippen LogP contribution is -2.24. The number of methoxy groups -OCH3 is 1. The molecule has 3 aromatic rings. The first-order valence-corrected chi connectivity index (χ1v) is 8.87. The van der Waals surface area contributed by atoms with Gasteiger partial charge < -0.3 is 15.2 Å². The number of hydrogen-bond acceptors (Lipinski definition) is 4. The molecule has 1 unspecified atom stereocenters. The number of amides is 1. The summed E-state index contributed by atoms with van der Waals surface area (Å²) in [5, 5.41) is 18.2. The highest BCUT2D eigenvalue weighted by Crippen LogP contribution is 2.41. The zero-order valence-corrected chi connectivity index (χ0v) is 15.6. The average Bonchev–Trinajstić information content (AvgIpc) is 3.06. The van der Waals surface area contributed by atoms with E-state index in [9.17, 15) is 9.90 Å². The van der Waals surface area contributed by atoms with Crippen LogP contribution in [0.1, 0.15) is 29.0 Å². The lowest BCUT2D eigenvalue weighted by Gasteiger charge is -2.24. The van der Waals surface area contributed by atoms with E-state index in [1.54, 1.807) is 23.0 Å². The summed E-state index contributed by atoms with van der Waals surface area (Å²) in [7, 11) is 1.50. The maximum atomic E-state index is 12.4. The number of aromatic hydroxyl groups is 1. The minimum absolute atomic E-state index is 0.0422. The van der Waals surface area contributed by atoms with Crippen LogP contribution in [-0.2, 0) is 4.79 Å². The van der Waals surface area contributed by atoms with Crippen molar-refractivity contribution in [3.8, 4) is 17.2 Å². The zero-order chi connectivity index (χ0) is 19.1. The molecule has 0 spiro atoms. The lowest BCUT2D eigenvalue weighted by atomic mass is 9.87. The molecule has 2 heterocycles. The van der Waals surface area contributed by atoms with Gasteiger partial charge in [-0.1, -0.05) is 23.7 Å². The maximum absolute atomic E-state index is 12.4. The molecule has 1 atom stereocenters. The van der Waals surface area contributed by atoms with Gasteiger partial charge in [-0.25, -0.2) is 4.68 Å². The molecule has 0 saturated heterocycles. The van der Waals surface area contributed by atoms with E-state index in [0.29, 0.717) is 16.6 Å². The highest BCUT2D eigenvalue weighted by Gasteiger charge is 2.31. The van der Waals surface area contributed by atoms with Crippen LogP contribution < -0.4 is 10.1 Å². The van der Waals surface area contributed by atoms with Crippen LogP contribution in [0, 0.1) is 6.92 Å². The third-order valence-corrected chi connectivity index (χ3v) is 5.30. The Labute approximate surface area is 161 Å². The number of hydrogen-bond donors (Lipinski definition) is 2. The van der Waals surface area contributed by atoms with Gasteiger partial charge in [0.25, 0.3) is 0 Å². The first-order chi connectivity index (χ1) is 13.0. The number of benzene rings is 2. The van der Waals surface area contributed by atoms with Crippen LogP contribution in [0.3, 0.4) is 0 Å². The molecule has 2 N–H and O–H groups in total. The largest absolute Gasteiger partial charge is 0.504 e. The SMILES string of the molecule is COc1ccc(C2CC(=O)Nc3c2cnn3-c2cccc(Cl)c2C)cc1O. The third kappa shape index (κ3) is 2.92. The molecule has 7 heteroatoms. The smallest absolute Gasteiger partial charge is 0.226 e. The molecule has 6 nitrogen and oxygen atoms in total. The average molecular weight is 384 g/mol. The number of rotatable bonds is 3. The van der Waals surface area contributed by atoms with Crippen molar-refractivity contribution in [2.45, 2.75) is 19.3 Å². The van der Waals surface area contributed by atoms with Crippen molar-refractivity contribution < 1.29 is 14.6 Å². The number of nitrogens with one attached hydrogen (secondary N) is 1. The number of carbonyl (C=O) groups excluding carboxylic acids is 1. The number of halogens is 1. The van der Waals surface area contributed by atoms with E-state index in [2.05, 4.69) is 10.4 Å². The first kappa shape index (κ1) is 17.4.